The Kier molecular flexibility index (Phi) is 5.42. The molecule has 0 unspecified atom stereocenters. The molecule has 0 atom stereocenters. The Morgan fingerprint density at radius 2 is 1.78 bits per heavy atom. The molecule has 0 fully saturated rings. The summed E-state index contributed by atoms with van der Waals surface area (Å²) in [7, 11) is 0. The van der Waals surface area contributed by atoms with Gasteiger partial charge >= 0.3 is 6.18 Å². The lowest BCUT2D eigenvalue weighted by Crippen LogP contribution is -2.37. The van der Waals surface area contributed by atoms with Crippen molar-refractivity contribution in [2.45, 2.75) is 12.7 Å². The van der Waals surface area contributed by atoms with Crippen LogP contribution >= 0.6 is 0 Å². The molecular weight excluding hydrogens is 309 g/mol. The molecule has 0 saturated carbocycles. The van der Waals surface area contributed by atoms with Gasteiger partial charge < -0.3 is 0 Å². The van der Waals surface area contributed by atoms with Crippen LogP contribution in [0.1, 0.15) is 11.1 Å². The van der Waals surface area contributed by atoms with Gasteiger partial charge in [0, 0.05) is 18.9 Å². The first-order valence-corrected chi connectivity index (χ1v) is 6.58. The van der Waals surface area contributed by atoms with Crippen molar-refractivity contribution in [1.29, 1.82) is 0 Å². The maximum absolute atomic E-state index is 12.4. The van der Waals surface area contributed by atoms with Crippen LogP contribution in [0.5, 0.6) is 0 Å². The van der Waals surface area contributed by atoms with E-state index in [2.05, 4.69) is 20.8 Å². The normalized spacial score (nSPS) is 11.6. The second kappa shape index (κ2) is 7.50. The quantitative estimate of drug-likeness (QED) is 0.657. The first kappa shape index (κ1) is 16.6. The summed E-state index contributed by atoms with van der Waals surface area (Å²) in [6.45, 7) is 0.405. The number of carbonyl (C=O) groups is 1. The maximum Gasteiger partial charge on any atom is 0.416 e. The molecule has 2 rings (SSSR count). The smallest absolute Gasteiger partial charge is 0.286 e. The molecule has 1 aromatic carbocycles. The Balaban J connectivity index is 1.81. The van der Waals surface area contributed by atoms with Gasteiger partial charge in [0.1, 0.15) is 0 Å². The van der Waals surface area contributed by atoms with Crippen molar-refractivity contribution in [2.24, 2.45) is 4.99 Å². The number of hydrogen-bond acceptors (Lipinski definition) is 4. The van der Waals surface area contributed by atoms with Gasteiger partial charge in [-0.2, -0.15) is 13.2 Å². The zero-order chi connectivity index (χ0) is 16.7. The highest BCUT2D eigenvalue weighted by atomic mass is 19.4. The predicted molar refractivity (Wildman–Crippen MR) is 78.8 cm³/mol. The second-order valence-electron chi connectivity index (χ2n) is 4.50. The Morgan fingerprint density at radius 1 is 1.13 bits per heavy atom. The van der Waals surface area contributed by atoms with Crippen LogP contribution in [-0.2, 0) is 17.5 Å². The van der Waals surface area contributed by atoms with E-state index < -0.39 is 17.6 Å². The van der Waals surface area contributed by atoms with E-state index in [1.54, 1.807) is 24.5 Å². The zero-order valence-electron chi connectivity index (χ0n) is 11.8. The van der Waals surface area contributed by atoms with Gasteiger partial charge in [0.25, 0.3) is 5.91 Å². The molecule has 0 bridgehead atoms. The fourth-order valence-electron chi connectivity index (χ4n) is 1.64. The number of pyridine rings is 1. The minimum Gasteiger partial charge on any atom is -0.286 e. The van der Waals surface area contributed by atoms with Gasteiger partial charge in [-0.3, -0.25) is 20.2 Å². The Labute approximate surface area is 130 Å². The monoisotopic (exact) mass is 322 g/mol. The standard InChI is InChI=1S/C15H13F3N4O/c16-15(17,18)12-1-3-13(4-2-12)20-10-14(23)22-21-9-11-5-7-19-8-6-11/h1-8,10,21H,9H2,(H,22,23). The summed E-state index contributed by atoms with van der Waals surface area (Å²) < 4.78 is 37.2. The van der Waals surface area contributed by atoms with E-state index in [9.17, 15) is 18.0 Å². The number of nitrogens with zero attached hydrogens (tertiary/aromatic N) is 2. The van der Waals surface area contributed by atoms with Crippen LogP contribution in [0.2, 0.25) is 0 Å². The van der Waals surface area contributed by atoms with E-state index in [0.29, 0.717) is 6.54 Å². The fraction of sp³-hybridized carbons (Fsp3) is 0.133. The van der Waals surface area contributed by atoms with E-state index in [1.807, 2.05) is 0 Å². The Morgan fingerprint density at radius 3 is 2.39 bits per heavy atom. The van der Waals surface area contributed by atoms with E-state index in [0.717, 1.165) is 23.9 Å². The second-order valence-corrected chi connectivity index (χ2v) is 4.50. The predicted octanol–water partition coefficient (Wildman–Crippen LogP) is 2.62. The molecule has 0 aliphatic heterocycles. The third-order valence-electron chi connectivity index (χ3n) is 2.78. The zero-order valence-corrected chi connectivity index (χ0v) is 11.8. The van der Waals surface area contributed by atoms with E-state index in [1.165, 1.54) is 12.1 Å². The number of carbonyl (C=O) groups excluding carboxylic acids is 1. The number of hydrogen-bond donors (Lipinski definition) is 2. The van der Waals surface area contributed by atoms with E-state index in [-0.39, 0.29) is 5.69 Å². The summed E-state index contributed by atoms with van der Waals surface area (Å²) in [6, 6.07) is 7.78. The lowest BCUT2D eigenvalue weighted by Gasteiger charge is -2.06. The average molecular weight is 322 g/mol. The highest BCUT2D eigenvalue weighted by Gasteiger charge is 2.29. The summed E-state index contributed by atoms with van der Waals surface area (Å²) in [6.07, 6.45) is -0.144. The van der Waals surface area contributed by atoms with Crippen molar-refractivity contribution in [3.8, 4) is 0 Å². The molecule has 2 N–H and O–H groups in total. The summed E-state index contributed by atoms with van der Waals surface area (Å²) in [5.74, 6) is -0.515. The summed E-state index contributed by atoms with van der Waals surface area (Å²) in [5, 5.41) is 0. The van der Waals surface area contributed by atoms with Crippen LogP contribution in [-0.4, -0.2) is 17.1 Å². The van der Waals surface area contributed by atoms with Crippen LogP contribution in [0.25, 0.3) is 0 Å². The first-order valence-electron chi connectivity index (χ1n) is 6.58. The number of nitrogens with one attached hydrogen (secondary N) is 2. The Hall–Kier alpha value is -2.74. The van der Waals surface area contributed by atoms with Crippen molar-refractivity contribution in [3.05, 3.63) is 59.9 Å². The van der Waals surface area contributed by atoms with Crippen molar-refractivity contribution < 1.29 is 18.0 Å². The van der Waals surface area contributed by atoms with Gasteiger partial charge in [-0.05, 0) is 42.0 Å². The molecule has 120 valence electrons. The first-order chi connectivity index (χ1) is 10.9. The fourth-order valence-corrected chi connectivity index (χ4v) is 1.64. The van der Waals surface area contributed by atoms with Gasteiger partial charge in [0.2, 0.25) is 0 Å². The minimum absolute atomic E-state index is 0.252. The van der Waals surface area contributed by atoms with Crippen LogP contribution in [0.15, 0.2) is 53.8 Å². The number of aliphatic imine (C=N–C) groups is 1. The molecule has 5 nitrogen and oxygen atoms in total. The molecule has 1 aromatic heterocycles. The number of hydrazine groups is 1. The summed E-state index contributed by atoms with van der Waals surface area (Å²) >= 11 is 0. The molecule has 8 heteroatoms. The number of amides is 1. The highest BCUT2D eigenvalue weighted by Crippen LogP contribution is 2.30. The van der Waals surface area contributed by atoms with Crippen molar-refractivity contribution >= 4 is 17.8 Å². The van der Waals surface area contributed by atoms with Crippen molar-refractivity contribution in [2.75, 3.05) is 0 Å². The third-order valence-corrected chi connectivity index (χ3v) is 2.78. The minimum atomic E-state index is -4.39. The molecule has 0 aliphatic rings. The number of alkyl halides is 3. The van der Waals surface area contributed by atoms with Gasteiger partial charge in [0.15, 0.2) is 0 Å². The number of halogens is 3. The lowest BCUT2D eigenvalue weighted by atomic mass is 10.2. The highest BCUT2D eigenvalue weighted by molar-refractivity contribution is 6.26. The van der Waals surface area contributed by atoms with Gasteiger partial charge in [-0.15, -0.1) is 0 Å². The average Bonchev–Trinajstić information content (AvgIpc) is 2.53. The molecule has 1 heterocycles. The topological polar surface area (TPSA) is 66.4 Å². The van der Waals surface area contributed by atoms with Gasteiger partial charge in [-0.25, -0.2) is 5.43 Å². The van der Waals surface area contributed by atoms with Crippen molar-refractivity contribution in [3.63, 3.8) is 0 Å². The molecular formula is C15H13F3N4O. The SMILES string of the molecule is O=C(C=Nc1ccc(C(F)(F)F)cc1)NNCc1ccncc1. The van der Waals surface area contributed by atoms with Crippen LogP contribution in [0, 0.1) is 0 Å². The molecule has 1 amide bonds. The molecule has 0 spiro atoms. The maximum atomic E-state index is 12.4. The van der Waals surface area contributed by atoms with E-state index in [4.69, 9.17) is 0 Å². The molecule has 23 heavy (non-hydrogen) atoms. The number of benzene rings is 1. The molecule has 0 aliphatic carbocycles. The molecule has 2 aromatic rings. The van der Waals surface area contributed by atoms with Crippen molar-refractivity contribution in [1.82, 2.24) is 15.8 Å². The summed E-state index contributed by atoms with van der Waals surface area (Å²) in [5.41, 5.74) is 5.52. The molecule has 0 saturated heterocycles. The van der Waals surface area contributed by atoms with Crippen LogP contribution < -0.4 is 10.9 Å². The number of aromatic nitrogens is 1. The Bertz CT molecular complexity index is 669. The number of rotatable bonds is 5. The molecule has 0 radical (unpaired) electrons. The van der Waals surface area contributed by atoms with Crippen LogP contribution in [0.3, 0.4) is 0 Å². The van der Waals surface area contributed by atoms with Gasteiger partial charge in [0.05, 0.1) is 17.5 Å². The van der Waals surface area contributed by atoms with E-state index >= 15 is 0 Å². The van der Waals surface area contributed by atoms with Crippen LogP contribution in [0.4, 0.5) is 18.9 Å². The summed E-state index contributed by atoms with van der Waals surface area (Å²) in [4.78, 5) is 19.2. The third kappa shape index (κ3) is 5.51. The van der Waals surface area contributed by atoms with Gasteiger partial charge in [-0.1, -0.05) is 0 Å². The largest absolute Gasteiger partial charge is 0.416 e. The lowest BCUT2D eigenvalue weighted by molar-refractivity contribution is -0.137.